The highest BCUT2D eigenvalue weighted by atomic mass is 19.3. The van der Waals surface area contributed by atoms with Gasteiger partial charge in [0.25, 0.3) is 6.43 Å². The van der Waals surface area contributed by atoms with Crippen molar-refractivity contribution in [1.29, 1.82) is 0 Å². The lowest BCUT2D eigenvalue weighted by Crippen LogP contribution is -2.08. The van der Waals surface area contributed by atoms with Gasteiger partial charge in [0.15, 0.2) is 11.5 Å². The van der Waals surface area contributed by atoms with Gasteiger partial charge in [-0.1, -0.05) is 0 Å². The summed E-state index contributed by atoms with van der Waals surface area (Å²) in [5.74, 6) is -2.83. The van der Waals surface area contributed by atoms with Crippen molar-refractivity contribution < 1.29 is 23.1 Å². The molecule has 6 heteroatoms. The van der Waals surface area contributed by atoms with Gasteiger partial charge in [0.05, 0.1) is 0 Å². The van der Waals surface area contributed by atoms with Gasteiger partial charge < -0.3 is 5.11 Å². The Bertz CT molecular complexity index is 379. The monoisotopic (exact) mass is 205 g/mol. The van der Waals surface area contributed by atoms with Crippen LogP contribution in [-0.2, 0) is 0 Å². The summed E-state index contributed by atoms with van der Waals surface area (Å²) in [6.07, 6.45) is -2.86. The number of alkyl halides is 2. The second-order valence-corrected chi connectivity index (χ2v) is 2.60. The Kier molecular flexibility index (Phi) is 2.73. The summed E-state index contributed by atoms with van der Waals surface area (Å²) in [5, 5.41) is 8.43. The average Bonchev–Trinajstić information content (AvgIpc) is 2.07. The summed E-state index contributed by atoms with van der Waals surface area (Å²) < 4.78 is 37.2. The molecule has 1 rings (SSSR count). The Hall–Kier alpha value is -1.59. The molecule has 1 heterocycles. The molecule has 0 saturated carbocycles. The first kappa shape index (κ1) is 10.5. The molecule has 0 saturated heterocycles. The van der Waals surface area contributed by atoms with Crippen molar-refractivity contribution in [2.75, 3.05) is 0 Å². The van der Waals surface area contributed by atoms with Crippen molar-refractivity contribution in [2.45, 2.75) is 13.3 Å². The van der Waals surface area contributed by atoms with E-state index < -0.39 is 29.5 Å². The molecule has 0 aliphatic heterocycles. The van der Waals surface area contributed by atoms with Crippen LogP contribution >= 0.6 is 0 Å². The van der Waals surface area contributed by atoms with Gasteiger partial charge in [-0.3, -0.25) is 0 Å². The summed E-state index contributed by atoms with van der Waals surface area (Å²) in [5.41, 5.74) is -1.61. The Morgan fingerprint density at radius 3 is 2.57 bits per heavy atom. The first-order valence-electron chi connectivity index (χ1n) is 3.62. The van der Waals surface area contributed by atoms with E-state index in [0.29, 0.717) is 6.07 Å². The fourth-order valence-electron chi connectivity index (χ4n) is 0.966. The molecule has 0 radical (unpaired) electrons. The van der Waals surface area contributed by atoms with E-state index >= 15 is 0 Å². The van der Waals surface area contributed by atoms with Gasteiger partial charge >= 0.3 is 5.97 Å². The number of aryl methyl sites for hydroxylation is 1. The van der Waals surface area contributed by atoms with E-state index in [1.807, 2.05) is 0 Å². The van der Waals surface area contributed by atoms with Crippen LogP contribution in [0.2, 0.25) is 0 Å². The molecule has 3 nitrogen and oxygen atoms in total. The number of rotatable bonds is 2. The molecule has 0 amide bonds. The summed E-state index contributed by atoms with van der Waals surface area (Å²) in [7, 11) is 0. The minimum Gasteiger partial charge on any atom is -0.476 e. The van der Waals surface area contributed by atoms with E-state index in [-0.39, 0.29) is 5.69 Å². The molecule has 76 valence electrons. The van der Waals surface area contributed by atoms with Gasteiger partial charge in [-0.25, -0.2) is 22.9 Å². The second kappa shape index (κ2) is 3.65. The van der Waals surface area contributed by atoms with Crippen molar-refractivity contribution in [3.63, 3.8) is 0 Å². The minimum atomic E-state index is -2.86. The average molecular weight is 205 g/mol. The number of aromatic nitrogens is 1. The molecule has 1 N–H and O–H groups in total. The molecule has 0 unspecified atom stereocenters. The fourth-order valence-corrected chi connectivity index (χ4v) is 0.966. The lowest BCUT2D eigenvalue weighted by molar-refractivity contribution is 0.0683. The van der Waals surface area contributed by atoms with Crippen molar-refractivity contribution >= 4 is 5.97 Å². The van der Waals surface area contributed by atoms with E-state index in [4.69, 9.17) is 5.11 Å². The quantitative estimate of drug-likeness (QED) is 0.804. The fraction of sp³-hybridized carbons (Fsp3) is 0.250. The third-order valence-electron chi connectivity index (χ3n) is 1.64. The number of aromatic carboxylic acids is 1. The number of pyridine rings is 1. The SMILES string of the molecule is Cc1nc(C(=O)O)c(F)cc1C(F)F. The highest BCUT2D eigenvalue weighted by Gasteiger charge is 2.19. The highest BCUT2D eigenvalue weighted by molar-refractivity contribution is 5.85. The molecule has 1 aromatic rings. The second-order valence-electron chi connectivity index (χ2n) is 2.60. The predicted octanol–water partition coefficient (Wildman–Crippen LogP) is 2.16. The van der Waals surface area contributed by atoms with Crippen LogP contribution in [0.25, 0.3) is 0 Å². The Labute approximate surface area is 77.2 Å². The van der Waals surface area contributed by atoms with E-state index in [1.54, 1.807) is 0 Å². The van der Waals surface area contributed by atoms with Crippen molar-refractivity contribution in [2.24, 2.45) is 0 Å². The summed E-state index contributed by atoms with van der Waals surface area (Å²) in [6, 6.07) is 0.496. The Morgan fingerprint density at radius 1 is 1.57 bits per heavy atom. The smallest absolute Gasteiger partial charge is 0.357 e. The van der Waals surface area contributed by atoms with E-state index in [9.17, 15) is 18.0 Å². The normalized spacial score (nSPS) is 10.6. The van der Waals surface area contributed by atoms with E-state index in [0.717, 1.165) is 0 Å². The molecule has 1 aromatic heterocycles. The zero-order valence-corrected chi connectivity index (χ0v) is 7.09. The topological polar surface area (TPSA) is 50.2 Å². The van der Waals surface area contributed by atoms with Crippen molar-refractivity contribution in [3.8, 4) is 0 Å². The number of halogens is 3. The Morgan fingerprint density at radius 2 is 2.14 bits per heavy atom. The molecule has 0 aliphatic rings. The highest BCUT2D eigenvalue weighted by Crippen LogP contribution is 2.23. The molecule has 0 atom stereocenters. The Balaban J connectivity index is 3.31. The van der Waals surface area contributed by atoms with Crippen LogP contribution in [0, 0.1) is 12.7 Å². The van der Waals surface area contributed by atoms with Crippen molar-refractivity contribution in [1.82, 2.24) is 4.98 Å². The first-order valence-corrected chi connectivity index (χ1v) is 3.62. The van der Waals surface area contributed by atoms with Crippen molar-refractivity contribution in [3.05, 3.63) is 28.8 Å². The molecular weight excluding hydrogens is 199 g/mol. The van der Waals surface area contributed by atoms with Crippen LogP contribution in [0.15, 0.2) is 6.07 Å². The van der Waals surface area contributed by atoms with Crippen LogP contribution in [0.5, 0.6) is 0 Å². The molecule has 14 heavy (non-hydrogen) atoms. The molecular formula is C8H6F3NO2. The van der Waals surface area contributed by atoms with Crippen LogP contribution in [0.3, 0.4) is 0 Å². The van der Waals surface area contributed by atoms with Gasteiger partial charge in [-0.05, 0) is 13.0 Å². The number of hydrogen-bond acceptors (Lipinski definition) is 2. The maximum atomic E-state index is 12.9. The van der Waals surface area contributed by atoms with Gasteiger partial charge in [0.1, 0.15) is 0 Å². The van der Waals surface area contributed by atoms with Gasteiger partial charge in [-0.15, -0.1) is 0 Å². The number of carbonyl (C=O) groups is 1. The molecule has 0 spiro atoms. The number of nitrogens with zero attached hydrogens (tertiary/aromatic N) is 1. The maximum Gasteiger partial charge on any atom is 0.357 e. The third-order valence-corrected chi connectivity index (χ3v) is 1.64. The molecule has 0 bridgehead atoms. The van der Waals surface area contributed by atoms with Gasteiger partial charge in [0, 0.05) is 11.3 Å². The minimum absolute atomic E-state index is 0.182. The summed E-state index contributed by atoms with van der Waals surface area (Å²) in [4.78, 5) is 13.6. The van der Waals surface area contributed by atoms with Crippen LogP contribution in [0.1, 0.15) is 28.2 Å². The lowest BCUT2D eigenvalue weighted by Gasteiger charge is -2.05. The maximum absolute atomic E-state index is 12.9. The number of hydrogen-bond donors (Lipinski definition) is 1. The molecule has 0 fully saturated rings. The molecule has 0 aliphatic carbocycles. The zero-order chi connectivity index (χ0) is 10.9. The van der Waals surface area contributed by atoms with Gasteiger partial charge in [0.2, 0.25) is 0 Å². The van der Waals surface area contributed by atoms with Crippen LogP contribution < -0.4 is 0 Å². The third kappa shape index (κ3) is 1.84. The van der Waals surface area contributed by atoms with Gasteiger partial charge in [-0.2, -0.15) is 0 Å². The van der Waals surface area contributed by atoms with E-state index in [2.05, 4.69) is 4.98 Å². The standard InChI is InChI=1S/C8H6F3NO2/c1-3-4(7(10)11)2-5(9)6(12-3)8(13)14/h2,7H,1H3,(H,13,14). The van der Waals surface area contributed by atoms with E-state index in [1.165, 1.54) is 6.92 Å². The van der Waals surface area contributed by atoms with Crippen LogP contribution in [-0.4, -0.2) is 16.1 Å². The number of carboxylic acids is 1. The number of carboxylic acid groups (broad SMARTS) is 1. The zero-order valence-electron chi connectivity index (χ0n) is 7.09. The lowest BCUT2D eigenvalue weighted by atomic mass is 10.2. The van der Waals surface area contributed by atoms with Crippen LogP contribution in [0.4, 0.5) is 13.2 Å². The molecule has 0 aromatic carbocycles. The largest absolute Gasteiger partial charge is 0.476 e. The predicted molar refractivity (Wildman–Crippen MR) is 40.8 cm³/mol. The first-order chi connectivity index (χ1) is 6.43. The summed E-state index contributed by atoms with van der Waals surface area (Å²) >= 11 is 0. The summed E-state index contributed by atoms with van der Waals surface area (Å²) in [6.45, 7) is 1.20.